The highest BCUT2D eigenvalue weighted by Crippen LogP contribution is 2.42. The molecular weight excluding hydrogens is 935 g/mol. The number of amides is 1. The molecule has 1 aliphatic carbocycles. The summed E-state index contributed by atoms with van der Waals surface area (Å²) < 4.78 is 37.0. The van der Waals surface area contributed by atoms with Gasteiger partial charge in [0.25, 0.3) is 11.7 Å². The third-order valence-corrected chi connectivity index (χ3v) is 21.2. The molecule has 72 heavy (non-hydrogen) atoms. The second-order valence-electron chi connectivity index (χ2n) is 23.4. The summed E-state index contributed by atoms with van der Waals surface area (Å²) in [7, 11) is 2.61. The van der Waals surface area contributed by atoms with Crippen LogP contribution in [0.15, 0.2) is 47.6 Å². The minimum atomic E-state index is -2.43. The first-order valence-electron chi connectivity index (χ1n) is 26.9. The van der Waals surface area contributed by atoms with Gasteiger partial charge in [-0.3, -0.25) is 19.2 Å². The fourth-order valence-electron chi connectivity index (χ4n) is 10.8. The van der Waals surface area contributed by atoms with Gasteiger partial charge in [-0.25, -0.2) is 4.79 Å². The Morgan fingerprint density at radius 1 is 0.847 bits per heavy atom. The first kappa shape index (κ1) is 61.4. The lowest BCUT2D eigenvalue weighted by atomic mass is 9.78. The molecule has 2 N–H and O–H groups in total. The van der Waals surface area contributed by atoms with E-state index in [1.807, 2.05) is 58.1 Å². The molecule has 3 fully saturated rings. The first-order chi connectivity index (χ1) is 33.7. The molecule has 1 saturated carbocycles. The Bertz CT molecular complexity index is 1970. The first-order valence-corrected chi connectivity index (χ1v) is 29.8. The zero-order chi connectivity index (χ0) is 53.9. The fourth-order valence-corrected chi connectivity index (χ4v) is 12.2. The number of ketones is 3. The molecule has 15 atom stereocenters. The van der Waals surface area contributed by atoms with E-state index in [0.29, 0.717) is 50.5 Å². The summed E-state index contributed by atoms with van der Waals surface area (Å²) in [5.74, 6) is -7.77. The van der Waals surface area contributed by atoms with Crippen LogP contribution in [-0.2, 0) is 52.1 Å². The zero-order valence-corrected chi connectivity index (χ0v) is 47.6. The number of methoxy groups -OCH3 is 3. The molecule has 0 unspecified atom stereocenters. The van der Waals surface area contributed by atoms with Crippen LogP contribution in [0.5, 0.6) is 0 Å². The molecule has 0 aromatic carbocycles. The molecule has 0 aromatic rings. The average molecular weight is 1030 g/mol. The molecule has 3 aliphatic heterocycles. The third-order valence-electron chi connectivity index (χ3n) is 16.7. The number of esters is 1. The number of Topliss-reactive ketones (excluding diaryl/α,β-unsaturated/α-hetero) is 3. The van der Waals surface area contributed by atoms with Crippen molar-refractivity contribution in [3.63, 3.8) is 0 Å². The summed E-state index contributed by atoms with van der Waals surface area (Å²) in [6.07, 6.45) is 12.7. The smallest absolute Gasteiger partial charge is 0.329 e. The molecule has 14 nitrogen and oxygen atoms in total. The van der Waals surface area contributed by atoms with Gasteiger partial charge in [-0.1, -0.05) is 91.8 Å². The van der Waals surface area contributed by atoms with Gasteiger partial charge in [0, 0.05) is 58.5 Å². The van der Waals surface area contributed by atoms with Gasteiger partial charge in [0.2, 0.25) is 5.79 Å². The van der Waals surface area contributed by atoms with E-state index in [4.69, 9.17) is 28.1 Å². The van der Waals surface area contributed by atoms with Gasteiger partial charge in [0.15, 0.2) is 14.1 Å². The van der Waals surface area contributed by atoms with Gasteiger partial charge >= 0.3 is 5.97 Å². The number of cyclic esters (lactones) is 1. The molecule has 0 spiro atoms. The highest BCUT2D eigenvalue weighted by Gasteiger charge is 2.53. The second kappa shape index (κ2) is 27.1. The van der Waals surface area contributed by atoms with E-state index in [2.05, 4.69) is 33.9 Å². The van der Waals surface area contributed by atoms with Crippen LogP contribution in [0.1, 0.15) is 146 Å². The molecule has 2 bridgehead atoms. The summed E-state index contributed by atoms with van der Waals surface area (Å²) in [6.45, 7) is 24.1. The summed E-state index contributed by atoms with van der Waals surface area (Å²) in [5, 5.41) is 23.6. The molecule has 2 saturated heterocycles. The molecule has 3 heterocycles. The fraction of sp³-hybridized carbons (Fsp3) is 0.772. The molecule has 4 rings (SSSR count). The van der Waals surface area contributed by atoms with E-state index in [0.717, 1.165) is 24.8 Å². The van der Waals surface area contributed by atoms with E-state index >= 15 is 0 Å². The van der Waals surface area contributed by atoms with E-state index in [-0.39, 0.29) is 66.0 Å². The van der Waals surface area contributed by atoms with E-state index in [1.54, 1.807) is 41.1 Å². The minimum absolute atomic E-state index is 0.0209. The molecule has 0 radical (unpaired) electrons. The van der Waals surface area contributed by atoms with Gasteiger partial charge in [0.1, 0.15) is 30.1 Å². The monoisotopic (exact) mass is 1030 g/mol. The number of nitrogens with zero attached hydrogens (tertiary/aromatic N) is 1. The van der Waals surface area contributed by atoms with Gasteiger partial charge in [-0.15, -0.1) is 0 Å². The number of rotatable bonds is 8. The van der Waals surface area contributed by atoms with E-state index in [9.17, 15) is 34.2 Å². The normalized spacial score (nSPS) is 37.0. The molecule has 15 heteroatoms. The largest absolute Gasteiger partial charge is 0.460 e. The predicted octanol–water partition coefficient (Wildman–Crippen LogP) is 9.21. The number of aliphatic hydroxyl groups is 2. The van der Waals surface area contributed by atoms with Crippen LogP contribution < -0.4 is 0 Å². The maximum absolute atomic E-state index is 14.6. The quantitative estimate of drug-likeness (QED) is 0.102. The molecule has 0 aromatic heterocycles. The molecular formula is C57H93NO13Si. The van der Waals surface area contributed by atoms with E-state index in [1.165, 1.54) is 12.0 Å². The van der Waals surface area contributed by atoms with Gasteiger partial charge in [0.05, 0.1) is 24.4 Å². The van der Waals surface area contributed by atoms with Crippen LogP contribution in [0.2, 0.25) is 18.1 Å². The topological polar surface area (TPSA) is 184 Å². The Balaban J connectivity index is 1.70. The third kappa shape index (κ3) is 15.9. The minimum Gasteiger partial charge on any atom is -0.460 e. The standard InChI is InChI=1S/C57H93NO13Si/c1-35-21-17-16-18-22-36(2)47(66-11)33-43-26-24-41(7)57(65,70-43)53(62)54(63)58-28-20-19-23-44(58)55(64)69-48(34-45(59)37(3)30-40(6)51(61)52(68-13)50(60)39(5)29-35)38(4)31-42-25-27-46(49(32-42)67-12)71-72(14,15)56(8,9)10/h16-18,21-22,30,35,37-39,41-44,46-49,51-52,61,65H,19-20,23-29,31-34H2,1-15H3/b18-16?,21-17+,36-22?,40-30+/t35-,37-,38-,39-,41-,42+,43+,44+,46+,47+,48+,49-,51-,52+,57-/m1/s1. The lowest BCUT2D eigenvalue weighted by Crippen LogP contribution is -2.61. The number of carbonyl (C=O) groups excluding carboxylic acids is 5. The summed E-state index contributed by atoms with van der Waals surface area (Å²) in [5.41, 5.74) is 1.29. The van der Waals surface area contributed by atoms with Crippen LogP contribution in [0, 0.1) is 35.5 Å². The molecule has 408 valence electrons. The number of ether oxygens (including phenoxy) is 5. The zero-order valence-electron chi connectivity index (χ0n) is 46.6. The van der Waals surface area contributed by atoms with Crippen molar-refractivity contribution >= 4 is 37.5 Å². The Hall–Kier alpha value is -3.15. The Morgan fingerprint density at radius 2 is 1.54 bits per heavy atom. The van der Waals surface area contributed by atoms with Crippen LogP contribution in [0.4, 0.5) is 0 Å². The van der Waals surface area contributed by atoms with Crippen molar-refractivity contribution in [3.05, 3.63) is 47.6 Å². The molecule has 1 amide bonds. The maximum Gasteiger partial charge on any atom is 0.329 e. The van der Waals surface area contributed by atoms with Gasteiger partial charge < -0.3 is 43.2 Å². The number of carbonyl (C=O) groups is 5. The van der Waals surface area contributed by atoms with Crippen molar-refractivity contribution in [2.24, 2.45) is 35.5 Å². The Kier molecular flexibility index (Phi) is 23.1. The van der Waals surface area contributed by atoms with Crippen molar-refractivity contribution in [1.29, 1.82) is 0 Å². The number of fused-ring (bicyclic) bond motifs is 3. The van der Waals surface area contributed by atoms with Gasteiger partial charge in [-0.05, 0) is 125 Å². The summed E-state index contributed by atoms with van der Waals surface area (Å²) in [4.78, 5) is 72.7. The number of allylic oxidation sites excluding steroid dienone is 6. The summed E-state index contributed by atoms with van der Waals surface area (Å²) in [6, 6.07) is -1.13. The van der Waals surface area contributed by atoms with Crippen LogP contribution >= 0.6 is 0 Å². The SMILES string of the molecule is CO[C@H]1C[C@@H]2CC[C@@H](C)[C@@](O)(O2)C(=O)C(=O)N2CCCC[C@H]2C(=O)O[C@H]([C@H](C)C[C@@H]2CC[C@H](O[Si](C)(C)C(C)(C)C)[C@H](OC)C2)CC(=O)[C@H](C)/C=C(\C)[C@@H](O)[C@@H](OC)C(=O)[C@H](C)C[C@H](C)/C=C/C=CC=C1C. The lowest BCUT2D eigenvalue weighted by Gasteiger charge is -2.44. The second-order valence-corrected chi connectivity index (χ2v) is 28.2. The highest BCUT2D eigenvalue weighted by atomic mass is 28.4. The maximum atomic E-state index is 14.6. The number of aliphatic hydroxyl groups excluding tert-OH is 1. The molecule has 4 aliphatic rings. The van der Waals surface area contributed by atoms with Crippen molar-refractivity contribution in [2.75, 3.05) is 27.9 Å². The van der Waals surface area contributed by atoms with Crippen LogP contribution in [0.3, 0.4) is 0 Å². The number of hydrogen-bond acceptors (Lipinski definition) is 13. The predicted molar refractivity (Wildman–Crippen MR) is 281 cm³/mol. The highest BCUT2D eigenvalue weighted by molar-refractivity contribution is 6.74. The van der Waals surface area contributed by atoms with Crippen molar-refractivity contribution in [1.82, 2.24) is 4.90 Å². The van der Waals surface area contributed by atoms with Crippen LogP contribution in [-0.4, -0.2) is 135 Å². The van der Waals surface area contributed by atoms with Crippen molar-refractivity contribution in [3.8, 4) is 0 Å². The van der Waals surface area contributed by atoms with E-state index < -0.39 is 86.1 Å². The van der Waals surface area contributed by atoms with Crippen molar-refractivity contribution < 1.29 is 62.3 Å². The van der Waals surface area contributed by atoms with Gasteiger partial charge in [-0.2, -0.15) is 0 Å². The Morgan fingerprint density at radius 3 is 2.18 bits per heavy atom. The Labute approximate surface area is 433 Å². The average Bonchev–Trinajstić information content (AvgIpc) is 3.32. The summed E-state index contributed by atoms with van der Waals surface area (Å²) >= 11 is 0. The van der Waals surface area contributed by atoms with Crippen LogP contribution in [0.25, 0.3) is 0 Å². The lowest BCUT2D eigenvalue weighted by molar-refractivity contribution is -0.265. The number of piperidine rings is 1. The number of hydrogen-bond donors (Lipinski definition) is 2. The van der Waals surface area contributed by atoms with Crippen molar-refractivity contribution in [2.45, 2.75) is 219 Å².